The maximum Gasteiger partial charge on any atom is 0.265 e. The second-order valence-corrected chi connectivity index (χ2v) is 10.8. The fraction of sp³-hybridized carbons (Fsp3) is 0.280. The summed E-state index contributed by atoms with van der Waals surface area (Å²) in [6.07, 6.45) is 2.07. The Bertz CT molecular complexity index is 1310. The number of amidine groups is 1. The second kappa shape index (κ2) is 10.4. The molecule has 1 amide bonds. The van der Waals surface area contributed by atoms with Crippen LogP contribution in [0, 0.1) is 0 Å². The van der Waals surface area contributed by atoms with Crippen molar-refractivity contribution in [3.63, 3.8) is 0 Å². The largest absolute Gasteiger partial charge is 0.368 e. The van der Waals surface area contributed by atoms with E-state index in [9.17, 15) is 13.2 Å². The fourth-order valence-electron chi connectivity index (χ4n) is 3.83. The molecule has 9 heteroatoms. The third-order valence-corrected chi connectivity index (χ3v) is 8.80. The third-order valence-electron chi connectivity index (χ3n) is 5.84. The molecule has 0 spiro atoms. The lowest BCUT2D eigenvalue weighted by Gasteiger charge is -2.22. The molecule has 0 bridgehead atoms. The molecule has 178 valence electrons. The van der Waals surface area contributed by atoms with Crippen LogP contribution in [-0.2, 0) is 21.2 Å². The number of benzene rings is 2. The molecule has 1 N–H and O–H groups in total. The summed E-state index contributed by atoms with van der Waals surface area (Å²) in [5.74, 6) is 0.814. The Kier molecular flexibility index (Phi) is 7.33. The van der Waals surface area contributed by atoms with E-state index in [1.807, 2.05) is 42.5 Å². The zero-order valence-electron chi connectivity index (χ0n) is 19.1. The molecule has 1 aliphatic rings. The Balaban J connectivity index is 1.32. The van der Waals surface area contributed by atoms with Gasteiger partial charge >= 0.3 is 0 Å². The summed E-state index contributed by atoms with van der Waals surface area (Å²) in [7, 11) is -2.04. The highest BCUT2D eigenvalue weighted by atomic mass is 32.2. The Morgan fingerprint density at radius 1 is 1.18 bits per heavy atom. The average Bonchev–Trinajstić information content (AvgIpc) is 3.53. The number of nitrogens with one attached hydrogen (secondary N) is 1. The first-order valence-electron chi connectivity index (χ1n) is 11.1. The van der Waals surface area contributed by atoms with Gasteiger partial charge in [-0.05, 0) is 18.1 Å². The predicted molar refractivity (Wildman–Crippen MR) is 138 cm³/mol. The topological polar surface area (TPSA) is 82.1 Å². The number of thiophene rings is 1. The van der Waals surface area contributed by atoms with E-state index in [0.29, 0.717) is 18.4 Å². The zero-order valence-corrected chi connectivity index (χ0v) is 20.7. The van der Waals surface area contributed by atoms with Gasteiger partial charge in [0.05, 0.1) is 6.54 Å². The van der Waals surface area contributed by atoms with Crippen LogP contribution < -0.4 is 5.32 Å². The Hall–Kier alpha value is -3.17. The number of sulfonamides is 1. The number of fused-ring (bicyclic) bond motifs is 1. The molecule has 4 rings (SSSR count). The van der Waals surface area contributed by atoms with Gasteiger partial charge < -0.3 is 10.2 Å². The molecule has 0 aliphatic carbocycles. The van der Waals surface area contributed by atoms with E-state index < -0.39 is 10.0 Å². The van der Waals surface area contributed by atoms with Crippen LogP contribution in [0.2, 0.25) is 0 Å². The molecule has 1 aliphatic heterocycles. The summed E-state index contributed by atoms with van der Waals surface area (Å²) in [6, 6.07) is 15.6. The lowest BCUT2D eigenvalue weighted by molar-refractivity contribution is -0.129. The minimum atomic E-state index is -3.78. The van der Waals surface area contributed by atoms with Gasteiger partial charge in [-0.3, -0.25) is 14.1 Å². The van der Waals surface area contributed by atoms with Gasteiger partial charge in [-0.1, -0.05) is 49.0 Å². The van der Waals surface area contributed by atoms with Gasteiger partial charge in [0.2, 0.25) is 5.91 Å². The van der Waals surface area contributed by atoms with Gasteiger partial charge in [-0.2, -0.15) is 0 Å². The number of carbonyl (C=O) groups excluding carboxylic acids is 1. The fourth-order valence-corrected chi connectivity index (χ4v) is 6.58. The quantitative estimate of drug-likeness (QED) is 0.466. The first-order valence-corrected chi connectivity index (χ1v) is 13.4. The zero-order chi connectivity index (χ0) is 24.1. The van der Waals surface area contributed by atoms with Crippen LogP contribution in [0.15, 0.2) is 76.6 Å². The van der Waals surface area contributed by atoms with E-state index in [2.05, 4.69) is 16.9 Å². The van der Waals surface area contributed by atoms with Crippen LogP contribution >= 0.6 is 11.3 Å². The monoisotopic (exact) mass is 496 g/mol. The van der Waals surface area contributed by atoms with Crippen molar-refractivity contribution in [2.75, 3.05) is 33.2 Å². The molecule has 0 saturated heterocycles. The Morgan fingerprint density at radius 3 is 2.65 bits per heavy atom. The highest BCUT2D eigenvalue weighted by Crippen LogP contribution is 2.31. The minimum absolute atomic E-state index is 0.0446. The number of amides is 1. The molecule has 1 aromatic heterocycles. The molecule has 0 unspecified atom stereocenters. The normalized spacial score (nSPS) is 13.4. The van der Waals surface area contributed by atoms with Crippen molar-refractivity contribution in [1.29, 1.82) is 0 Å². The molecular weight excluding hydrogens is 468 g/mol. The highest BCUT2D eigenvalue weighted by Gasteiger charge is 2.25. The smallest absolute Gasteiger partial charge is 0.265 e. The lowest BCUT2D eigenvalue weighted by Crippen LogP contribution is -2.33. The molecule has 2 heterocycles. The third kappa shape index (κ3) is 5.15. The summed E-state index contributed by atoms with van der Waals surface area (Å²) < 4.78 is 28.4. The van der Waals surface area contributed by atoms with Gasteiger partial charge in [0, 0.05) is 60.3 Å². The Morgan fingerprint density at radius 2 is 1.94 bits per heavy atom. The van der Waals surface area contributed by atoms with E-state index >= 15 is 0 Å². The van der Waals surface area contributed by atoms with Crippen molar-refractivity contribution in [1.82, 2.24) is 14.5 Å². The van der Waals surface area contributed by atoms with Crippen molar-refractivity contribution in [2.24, 2.45) is 4.99 Å². The Labute approximate surface area is 204 Å². The molecule has 0 fully saturated rings. The van der Waals surface area contributed by atoms with Crippen molar-refractivity contribution < 1.29 is 13.2 Å². The predicted octanol–water partition coefficient (Wildman–Crippen LogP) is 3.48. The lowest BCUT2D eigenvalue weighted by atomic mass is 10.1. The molecule has 34 heavy (non-hydrogen) atoms. The van der Waals surface area contributed by atoms with Gasteiger partial charge in [-0.15, -0.1) is 11.3 Å². The molecule has 0 radical (unpaired) electrons. The summed E-state index contributed by atoms with van der Waals surface area (Å²) >= 11 is 1.39. The van der Waals surface area contributed by atoms with Crippen molar-refractivity contribution >= 4 is 43.2 Å². The number of aliphatic imine (C=N–C) groups is 1. The number of carbonyl (C=O) groups is 1. The standard InChI is InChI=1S/C25H28N4O3S2/c1-3-29(34(31,32)23-18-33-22-7-5-4-6-21(22)23)17-13-24(30)28(2)16-12-19-8-10-20(11-9-19)25-26-14-15-27-25/h3-11,18H,1,12-17H2,2H3,(H,26,27). The van der Waals surface area contributed by atoms with Crippen LogP contribution in [0.1, 0.15) is 17.5 Å². The number of hydrogen-bond acceptors (Lipinski definition) is 6. The molecule has 0 saturated carbocycles. The summed E-state index contributed by atoms with van der Waals surface area (Å²) in [5, 5.41) is 5.59. The van der Waals surface area contributed by atoms with Gasteiger partial charge in [0.15, 0.2) is 0 Å². The number of likely N-dealkylation sites (N-methyl/N-ethyl adjacent to an activating group) is 1. The van der Waals surface area contributed by atoms with E-state index in [1.165, 1.54) is 17.5 Å². The van der Waals surface area contributed by atoms with Crippen LogP contribution in [0.4, 0.5) is 0 Å². The van der Waals surface area contributed by atoms with Crippen LogP contribution in [0.25, 0.3) is 10.1 Å². The maximum absolute atomic E-state index is 13.2. The van der Waals surface area contributed by atoms with Crippen LogP contribution in [-0.4, -0.2) is 62.6 Å². The molecular formula is C25H28N4O3S2. The minimum Gasteiger partial charge on any atom is -0.368 e. The SMILES string of the molecule is C=CN(CCC(=O)N(C)CCc1ccc(C2=NCCN2)cc1)S(=O)(=O)c1csc2ccccc12. The van der Waals surface area contributed by atoms with E-state index in [0.717, 1.165) is 39.1 Å². The average molecular weight is 497 g/mol. The van der Waals surface area contributed by atoms with Crippen molar-refractivity contribution in [3.05, 3.63) is 77.8 Å². The molecule has 3 aromatic rings. The second-order valence-electron chi connectivity index (χ2n) is 8.06. The van der Waals surface area contributed by atoms with E-state index in [-0.39, 0.29) is 23.8 Å². The van der Waals surface area contributed by atoms with E-state index in [4.69, 9.17) is 0 Å². The van der Waals surface area contributed by atoms with Crippen molar-refractivity contribution in [2.45, 2.75) is 17.7 Å². The molecule has 2 aromatic carbocycles. The van der Waals surface area contributed by atoms with E-state index in [1.54, 1.807) is 23.4 Å². The van der Waals surface area contributed by atoms with Gasteiger partial charge in [0.1, 0.15) is 10.7 Å². The number of hydrogen-bond donors (Lipinski definition) is 1. The molecule has 0 atom stereocenters. The molecule has 7 nitrogen and oxygen atoms in total. The highest BCUT2D eigenvalue weighted by molar-refractivity contribution is 7.89. The van der Waals surface area contributed by atoms with Crippen LogP contribution in [0.3, 0.4) is 0 Å². The van der Waals surface area contributed by atoms with Gasteiger partial charge in [-0.25, -0.2) is 8.42 Å². The summed E-state index contributed by atoms with van der Waals surface area (Å²) in [4.78, 5) is 19.0. The van der Waals surface area contributed by atoms with Gasteiger partial charge in [0.25, 0.3) is 10.0 Å². The summed E-state index contributed by atoms with van der Waals surface area (Å²) in [5.41, 5.74) is 2.19. The first kappa shape index (κ1) is 24.0. The van der Waals surface area contributed by atoms with Crippen molar-refractivity contribution in [3.8, 4) is 0 Å². The number of rotatable bonds is 10. The maximum atomic E-state index is 13.2. The van der Waals surface area contributed by atoms with Crippen LogP contribution in [0.5, 0.6) is 0 Å². The first-order chi connectivity index (χ1) is 16.4. The summed E-state index contributed by atoms with van der Waals surface area (Å²) in [6.45, 7) is 5.94. The number of nitrogens with zero attached hydrogens (tertiary/aromatic N) is 3.